The van der Waals surface area contributed by atoms with Gasteiger partial charge in [0.05, 0.1) is 10.7 Å². The molecule has 4 heteroatoms. The molecule has 0 fully saturated rings. The van der Waals surface area contributed by atoms with Crippen LogP contribution < -0.4 is 5.32 Å². The van der Waals surface area contributed by atoms with Crippen molar-refractivity contribution in [1.29, 1.82) is 0 Å². The number of nitrogens with one attached hydrogen (secondary N) is 1. The zero-order valence-corrected chi connectivity index (χ0v) is 12.3. The molecule has 0 amide bonds. The molecular formula is C12H22N2S2. The number of aryl methyl sites for hydroxylation is 2. The maximum absolute atomic E-state index is 4.60. The molecule has 0 saturated heterocycles. The SMILES string of the molecule is CCCSCC(Cc1nc(C)c(C)s1)NC. The highest BCUT2D eigenvalue weighted by molar-refractivity contribution is 7.99. The van der Waals surface area contributed by atoms with Gasteiger partial charge in [-0.3, -0.25) is 0 Å². The first kappa shape index (κ1) is 14.0. The average Bonchev–Trinajstić information content (AvgIpc) is 2.57. The van der Waals surface area contributed by atoms with Gasteiger partial charge in [-0.25, -0.2) is 4.98 Å². The van der Waals surface area contributed by atoms with Gasteiger partial charge in [0.25, 0.3) is 0 Å². The van der Waals surface area contributed by atoms with Crippen molar-refractivity contribution in [3.63, 3.8) is 0 Å². The van der Waals surface area contributed by atoms with Crippen LogP contribution in [0.5, 0.6) is 0 Å². The van der Waals surface area contributed by atoms with E-state index in [1.54, 1.807) is 0 Å². The van der Waals surface area contributed by atoms with Crippen LogP contribution in [0.2, 0.25) is 0 Å². The predicted molar refractivity (Wildman–Crippen MR) is 75.8 cm³/mol. The van der Waals surface area contributed by atoms with Crippen molar-refractivity contribution < 1.29 is 0 Å². The van der Waals surface area contributed by atoms with Crippen molar-refractivity contribution in [3.05, 3.63) is 15.6 Å². The van der Waals surface area contributed by atoms with Gasteiger partial charge in [0.1, 0.15) is 0 Å². The summed E-state index contributed by atoms with van der Waals surface area (Å²) in [7, 11) is 2.05. The highest BCUT2D eigenvalue weighted by Gasteiger charge is 2.11. The molecule has 1 unspecified atom stereocenters. The molecule has 0 aliphatic rings. The molecule has 92 valence electrons. The standard InChI is InChI=1S/C12H22N2S2/c1-5-6-15-8-11(13-4)7-12-14-9(2)10(3)16-12/h11,13H,5-8H2,1-4H3. The molecule has 0 radical (unpaired) electrons. The lowest BCUT2D eigenvalue weighted by Crippen LogP contribution is -2.30. The minimum atomic E-state index is 0.557. The Morgan fingerprint density at radius 2 is 2.19 bits per heavy atom. The van der Waals surface area contributed by atoms with E-state index in [1.807, 2.05) is 30.1 Å². The van der Waals surface area contributed by atoms with Crippen LogP contribution >= 0.6 is 23.1 Å². The second kappa shape index (κ2) is 7.30. The Morgan fingerprint density at radius 3 is 2.69 bits per heavy atom. The minimum Gasteiger partial charge on any atom is -0.316 e. The lowest BCUT2D eigenvalue weighted by molar-refractivity contribution is 0.614. The molecule has 0 spiro atoms. The monoisotopic (exact) mass is 258 g/mol. The number of nitrogens with zero attached hydrogens (tertiary/aromatic N) is 1. The number of hydrogen-bond donors (Lipinski definition) is 1. The van der Waals surface area contributed by atoms with Gasteiger partial charge in [-0.05, 0) is 33.1 Å². The summed E-state index contributed by atoms with van der Waals surface area (Å²) in [4.78, 5) is 5.95. The topological polar surface area (TPSA) is 24.9 Å². The fourth-order valence-electron chi connectivity index (χ4n) is 1.45. The van der Waals surface area contributed by atoms with Crippen LogP contribution in [0, 0.1) is 13.8 Å². The maximum Gasteiger partial charge on any atom is 0.0946 e. The first-order valence-corrected chi connectivity index (χ1v) is 7.82. The highest BCUT2D eigenvalue weighted by Crippen LogP contribution is 2.18. The van der Waals surface area contributed by atoms with E-state index in [2.05, 4.69) is 31.1 Å². The number of aromatic nitrogens is 1. The zero-order valence-electron chi connectivity index (χ0n) is 10.7. The van der Waals surface area contributed by atoms with Gasteiger partial charge in [0.2, 0.25) is 0 Å². The summed E-state index contributed by atoms with van der Waals surface area (Å²) in [5.74, 6) is 2.44. The molecule has 1 heterocycles. The van der Waals surface area contributed by atoms with E-state index in [9.17, 15) is 0 Å². The van der Waals surface area contributed by atoms with Gasteiger partial charge >= 0.3 is 0 Å². The fourth-order valence-corrected chi connectivity index (χ4v) is 3.49. The van der Waals surface area contributed by atoms with Gasteiger partial charge < -0.3 is 5.32 Å². The summed E-state index contributed by atoms with van der Waals surface area (Å²) in [6.45, 7) is 6.47. The number of hydrogen-bond acceptors (Lipinski definition) is 4. The second-order valence-electron chi connectivity index (χ2n) is 4.01. The molecule has 2 nitrogen and oxygen atoms in total. The Hall–Kier alpha value is -0.0600. The number of thiazole rings is 1. The Morgan fingerprint density at radius 1 is 1.44 bits per heavy atom. The molecule has 1 atom stereocenters. The molecule has 1 N–H and O–H groups in total. The van der Waals surface area contributed by atoms with E-state index in [1.165, 1.54) is 33.5 Å². The quantitative estimate of drug-likeness (QED) is 0.761. The maximum atomic E-state index is 4.60. The largest absolute Gasteiger partial charge is 0.316 e. The van der Waals surface area contributed by atoms with Crippen LogP contribution in [0.3, 0.4) is 0 Å². The summed E-state index contributed by atoms with van der Waals surface area (Å²) < 4.78 is 0. The Balaban J connectivity index is 2.43. The van der Waals surface area contributed by atoms with Crippen molar-refractivity contribution >= 4 is 23.1 Å². The van der Waals surface area contributed by atoms with Gasteiger partial charge in [-0.1, -0.05) is 6.92 Å². The van der Waals surface area contributed by atoms with Crippen LogP contribution in [0.1, 0.15) is 28.9 Å². The van der Waals surface area contributed by atoms with E-state index in [0.717, 1.165) is 6.42 Å². The first-order valence-electron chi connectivity index (χ1n) is 5.85. The van der Waals surface area contributed by atoms with Crippen molar-refractivity contribution in [2.75, 3.05) is 18.6 Å². The lowest BCUT2D eigenvalue weighted by atomic mass is 10.2. The number of thioether (sulfide) groups is 1. The highest BCUT2D eigenvalue weighted by atomic mass is 32.2. The van der Waals surface area contributed by atoms with E-state index in [0.29, 0.717) is 6.04 Å². The number of rotatable bonds is 7. The third-order valence-electron chi connectivity index (χ3n) is 2.57. The predicted octanol–water partition coefficient (Wildman–Crippen LogP) is 3.03. The van der Waals surface area contributed by atoms with Crippen molar-refractivity contribution in [2.24, 2.45) is 0 Å². The molecule has 0 bridgehead atoms. The Labute approximate surface area is 107 Å². The third kappa shape index (κ3) is 4.44. The Kier molecular flexibility index (Phi) is 6.39. The summed E-state index contributed by atoms with van der Waals surface area (Å²) in [5.41, 5.74) is 1.19. The summed E-state index contributed by atoms with van der Waals surface area (Å²) >= 11 is 3.87. The van der Waals surface area contributed by atoms with Gasteiger partial charge in [-0.2, -0.15) is 11.8 Å². The van der Waals surface area contributed by atoms with Crippen LogP contribution in [0.15, 0.2) is 0 Å². The Bertz CT molecular complexity index is 290. The number of likely N-dealkylation sites (N-methyl/N-ethyl adjacent to an activating group) is 1. The second-order valence-corrected chi connectivity index (χ2v) is 6.45. The van der Waals surface area contributed by atoms with Crippen LogP contribution in [0.4, 0.5) is 0 Å². The van der Waals surface area contributed by atoms with Crippen LogP contribution in [-0.4, -0.2) is 29.6 Å². The molecule has 0 aromatic carbocycles. The van der Waals surface area contributed by atoms with Gasteiger partial charge in [0, 0.05) is 23.1 Å². The smallest absolute Gasteiger partial charge is 0.0946 e. The van der Waals surface area contributed by atoms with E-state index >= 15 is 0 Å². The normalized spacial score (nSPS) is 13.0. The molecule has 1 aromatic rings. The first-order chi connectivity index (χ1) is 7.67. The summed E-state index contributed by atoms with van der Waals surface area (Å²) in [5, 5.41) is 4.65. The van der Waals surface area contributed by atoms with Crippen molar-refractivity contribution in [1.82, 2.24) is 10.3 Å². The van der Waals surface area contributed by atoms with Crippen LogP contribution in [0.25, 0.3) is 0 Å². The molecule has 1 rings (SSSR count). The molecule has 1 aromatic heterocycles. The molecule has 0 aliphatic heterocycles. The zero-order chi connectivity index (χ0) is 12.0. The van der Waals surface area contributed by atoms with E-state index in [-0.39, 0.29) is 0 Å². The molecule has 0 saturated carbocycles. The van der Waals surface area contributed by atoms with Crippen molar-refractivity contribution in [2.45, 2.75) is 39.7 Å². The summed E-state index contributed by atoms with van der Waals surface area (Å²) in [6, 6.07) is 0.557. The van der Waals surface area contributed by atoms with Gasteiger partial charge in [-0.15, -0.1) is 11.3 Å². The molecule has 0 aliphatic carbocycles. The average molecular weight is 258 g/mol. The van der Waals surface area contributed by atoms with E-state index < -0.39 is 0 Å². The van der Waals surface area contributed by atoms with Crippen molar-refractivity contribution in [3.8, 4) is 0 Å². The molecular weight excluding hydrogens is 236 g/mol. The van der Waals surface area contributed by atoms with E-state index in [4.69, 9.17) is 0 Å². The lowest BCUT2D eigenvalue weighted by Gasteiger charge is -2.13. The minimum absolute atomic E-state index is 0.557. The van der Waals surface area contributed by atoms with Gasteiger partial charge in [0.15, 0.2) is 0 Å². The summed E-state index contributed by atoms with van der Waals surface area (Å²) in [6.07, 6.45) is 2.32. The molecule has 16 heavy (non-hydrogen) atoms. The van der Waals surface area contributed by atoms with Crippen LogP contribution in [-0.2, 0) is 6.42 Å². The fraction of sp³-hybridized carbons (Fsp3) is 0.750. The third-order valence-corrected chi connectivity index (χ3v) is 5.00.